The van der Waals surface area contributed by atoms with Crippen LogP contribution in [0.25, 0.3) is 0 Å². The number of carbonyl (C=O) groups excluding carboxylic acids is 1. The average Bonchev–Trinajstić information content (AvgIpc) is 2.43. The average molecular weight is 263 g/mol. The molecule has 0 saturated heterocycles. The van der Waals surface area contributed by atoms with Gasteiger partial charge in [-0.05, 0) is 23.6 Å². The molecule has 4 nitrogen and oxygen atoms in total. The number of aromatic carboxylic acids is 1. The van der Waals surface area contributed by atoms with Gasteiger partial charge in [-0.25, -0.2) is 4.79 Å². The van der Waals surface area contributed by atoms with Crippen LogP contribution in [0.5, 0.6) is 0 Å². The number of nitrogens with one attached hydrogen (secondary N) is 1. The summed E-state index contributed by atoms with van der Waals surface area (Å²) in [5.41, 5.74) is 1.16. The molecule has 104 valence electrons. The first-order valence-corrected chi connectivity index (χ1v) is 6.65. The predicted octanol–water partition coefficient (Wildman–Crippen LogP) is 2.83. The molecule has 1 aromatic carbocycles. The lowest BCUT2D eigenvalue weighted by Gasteiger charge is -2.12. The molecule has 1 rings (SSSR count). The zero-order valence-corrected chi connectivity index (χ0v) is 11.5. The van der Waals surface area contributed by atoms with Crippen LogP contribution in [0.3, 0.4) is 0 Å². The Hall–Kier alpha value is -1.84. The van der Waals surface area contributed by atoms with Gasteiger partial charge in [0.25, 0.3) is 0 Å². The first-order valence-electron chi connectivity index (χ1n) is 6.65. The van der Waals surface area contributed by atoms with Crippen molar-refractivity contribution in [2.75, 3.05) is 0 Å². The summed E-state index contributed by atoms with van der Waals surface area (Å²) in [7, 11) is 0. The lowest BCUT2D eigenvalue weighted by atomic mass is 9.99. The highest BCUT2D eigenvalue weighted by Gasteiger charge is 2.09. The summed E-state index contributed by atoms with van der Waals surface area (Å²) in [5.74, 6) is -0.449. The minimum Gasteiger partial charge on any atom is -0.478 e. The van der Waals surface area contributed by atoms with E-state index in [0.717, 1.165) is 18.4 Å². The number of hydrogen-bond donors (Lipinski definition) is 2. The van der Waals surface area contributed by atoms with E-state index in [1.807, 2.05) is 0 Å². The number of hydrogen-bond acceptors (Lipinski definition) is 2. The molecule has 0 bridgehead atoms. The van der Waals surface area contributed by atoms with Gasteiger partial charge in [0, 0.05) is 13.0 Å². The van der Waals surface area contributed by atoms with Gasteiger partial charge >= 0.3 is 5.97 Å². The SMILES string of the molecule is CCC(CC)CC(=O)NCc1ccc(C(=O)O)cc1. The summed E-state index contributed by atoms with van der Waals surface area (Å²) >= 11 is 0. The maximum atomic E-state index is 11.7. The molecule has 0 atom stereocenters. The predicted molar refractivity (Wildman–Crippen MR) is 73.9 cm³/mol. The number of carboxylic acid groups (broad SMARTS) is 1. The van der Waals surface area contributed by atoms with Crippen LogP contribution < -0.4 is 5.32 Å². The Morgan fingerprint density at radius 1 is 1.16 bits per heavy atom. The van der Waals surface area contributed by atoms with Crippen molar-refractivity contribution in [2.24, 2.45) is 5.92 Å². The fourth-order valence-electron chi connectivity index (χ4n) is 1.88. The lowest BCUT2D eigenvalue weighted by Crippen LogP contribution is -2.24. The fourth-order valence-corrected chi connectivity index (χ4v) is 1.88. The topological polar surface area (TPSA) is 66.4 Å². The Bertz CT molecular complexity index is 422. The molecule has 0 heterocycles. The highest BCUT2D eigenvalue weighted by atomic mass is 16.4. The van der Waals surface area contributed by atoms with Gasteiger partial charge in [0.05, 0.1) is 5.56 Å². The van der Waals surface area contributed by atoms with E-state index in [1.54, 1.807) is 24.3 Å². The summed E-state index contributed by atoms with van der Waals surface area (Å²) < 4.78 is 0. The van der Waals surface area contributed by atoms with Gasteiger partial charge in [0.15, 0.2) is 0 Å². The van der Waals surface area contributed by atoms with Gasteiger partial charge in [-0.2, -0.15) is 0 Å². The molecule has 1 amide bonds. The van der Waals surface area contributed by atoms with Crippen LogP contribution in [0.1, 0.15) is 49.0 Å². The van der Waals surface area contributed by atoms with E-state index in [2.05, 4.69) is 19.2 Å². The van der Waals surface area contributed by atoms with Crippen LogP contribution in [-0.4, -0.2) is 17.0 Å². The number of benzene rings is 1. The first kappa shape index (κ1) is 15.2. The molecule has 0 radical (unpaired) electrons. The van der Waals surface area contributed by atoms with Crippen molar-refractivity contribution in [3.05, 3.63) is 35.4 Å². The Kier molecular flexibility index (Phi) is 6.06. The molecule has 0 aliphatic rings. The van der Waals surface area contributed by atoms with E-state index in [-0.39, 0.29) is 11.5 Å². The van der Waals surface area contributed by atoms with Gasteiger partial charge in [0.1, 0.15) is 0 Å². The van der Waals surface area contributed by atoms with Crippen molar-refractivity contribution in [3.63, 3.8) is 0 Å². The zero-order chi connectivity index (χ0) is 14.3. The maximum absolute atomic E-state index is 11.7. The standard InChI is InChI=1S/C15H21NO3/c1-3-11(4-2)9-14(17)16-10-12-5-7-13(8-6-12)15(18)19/h5-8,11H,3-4,9-10H2,1-2H3,(H,16,17)(H,18,19). The zero-order valence-electron chi connectivity index (χ0n) is 11.5. The van der Waals surface area contributed by atoms with Crippen molar-refractivity contribution in [3.8, 4) is 0 Å². The van der Waals surface area contributed by atoms with Gasteiger partial charge in [-0.3, -0.25) is 4.79 Å². The van der Waals surface area contributed by atoms with Crippen LogP contribution in [0.2, 0.25) is 0 Å². The normalized spacial score (nSPS) is 10.5. The molecular formula is C15H21NO3. The molecule has 2 N–H and O–H groups in total. The molecule has 4 heteroatoms. The van der Waals surface area contributed by atoms with Crippen LogP contribution in [0.15, 0.2) is 24.3 Å². The molecule has 1 aromatic rings. The van der Waals surface area contributed by atoms with E-state index in [0.29, 0.717) is 18.9 Å². The quantitative estimate of drug-likeness (QED) is 0.795. The van der Waals surface area contributed by atoms with Crippen molar-refractivity contribution < 1.29 is 14.7 Å². The van der Waals surface area contributed by atoms with Crippen molar-refractivity contribution in [2.45, 2.75) is 39.7 Å². The number of carbonyl (C=O) groups is 2. The summed E-state index contributed by atoms with van der Waals surface area (Å²) in [5, 5.41) is 11.6. The second kappa shape index (κ2) is 7.56. The summed E-state index contributed by atoms with van der Waals surface area (Å²) in [4.78, 5) is 22.4. The third kappa shape index (κ3) is 5.12. The minimum absolute atomic E-state index is 0.0519. The summed E-state index contributed by atoms with van der Waals surface area (Å²) in [6.45, 7) is 4.62. The molecular weight excluding hydrogens is 242 g/mol. The molecule has 0 aliphatic carbocycles. The van der Waals surface area contributed by atoms with Gasteiger partial charge in [-0.15, -0.1) is 0 Å². The summed E-state index contributed by atoms with van der Waals surface area (Å²) in [6, 6.07) is 6.54. The largest absolute Gasteiger partial charge is 0.478 e. The van der Waals surface area contributed by atoms with Crippen molar-refractivity contribution in [1.29, 1.82) is 0 Å². The first-order chi connectivity index (χ1) is 9.06. The third-order valence-corrected chi connectivity index (χ3v) is 3.32. The van der Waals surface area contributed by atoms with E-state index < -0.39 is 5.97 Å². The van der Waals surface area contributed by atoms with Crippen LogP contribution in [0.4, 0.5) is 0 Å². The van der Waals surface area contributed by atoms with Gasteiger partial charge in [0.2, 0.25) is 5.91 Å². The second-order valence-corrected chi connectivity index (χ2v) is 4.67. The number of amides is 1. The van der Waals surface area contributed by atoms with Gasteiger partial charge in [-0.1, -0.05) is 38.8 Å². The van der Waals surface area contributed by atoms with E-state index in [4.69, 9.17) is 5.11 Å². The van der Waals surface area contributed by atoms with Crippen LogP contribution >= 0.6 is 0 Å². The molecule has 0 fully saturated rings. The van der Waals surface area contributed by atoms with Crippen molar-refractivity contribution in [1.82, 2.24) is 5.32 Å². The smallest absolute Gasteiger partial charge is 0.335 e. The fraction of sp³-hybridized carbons (Fsp3) is 0.467. The highest BCUT2D eigenvalue weighted by Crippen LogP contribution is 2.12. The van der Waals surface area contributed by atoms with E-state index in [9.17, 15) is 9.59 Å². The molecule has 0 spiro atoms. The molecule has 0 aromatic heterocycles. The summed E-state index contributed by atoms with van der Waals surface area (Å²) in [6.07, 6.45) is 2.58. The Balaban J connectivity index is 2.43. The Morgan fingerprint density at radius 3 is 2.21 bits per heavy atom. The molecule has 19 heavy (non-hydrogen) atoms. The van der Waals surface area contributed by atoms with Gasteiger partial charge < -0.3 is 10.4 Å². The Labute approximate surface area is 113 Å². The highest BCUT2D eigenvalue weighted by molar-refractivity contribution is 5.87. The van der Waals surface area contributed by atoms with E-state index >= 15 is 0 Å². The molecule has 0 aliphatic heterocycles. The minimum atomic E-state index is -0.940. The lowest BCUT2D eigenvalue weighted by molar-refractivity contribution is -0.122. The van der Waals surface area contributed by atoms with Crippen LogP contribution in [0, 0.1) is 5.92 Å². The molecule has 0 unspecified atom stereocenters. The second-order valence-electron chi connectivity index (χ2n) is 4.67. The Morgan fingerprint density at radius 2 is 1.74 bits per heavy atom. The van der Waals surface area contributed by atoms with Crippen LogP contribution in [-0.2, 0) is 11.3 Å². The molecule has 0 saturated carbocycles. The number of carboxylic acids is 1. The monoisotopic (exact) mass is 263 g/mol. The maximum Gasteiger partial charge on any atom is 0.335 e. The van der Waals surface area contributed by atoms with E-state index in [1.165, 1.54) is 0 Å². The number of rotatable bonds is 7. The van der Waals surface area contributed by atoms with Crippen molar-refractivity contribution >= 4 is 11.9 Å². The third-order valence-electron chi connectivity index (χ3n) is 3.32.